The molecule has 2 rings (SSSR count). The summed E-state index contributed by atoms with van der Waals surface area (Å²) in [5.41, 5.74) is 0.804. The van der Waals surface area contributed by atoms with Crippen LogP contribution in [0.5, 0.6) is 5.88 Å². The van der Waals surface area contributed by atoms with Gasteiger partial charge in [-0.05, 0) is 28.7 Å². The number of halogens is 1. The van der Waals surface area contributed by atoms with Crippen LogP contribution in [0.1, 0.15) is 0 Å². The summed E-state index contributed by atoms with van der Waals surface area (Å²) in [6.45, 7) is 0. The topological polar surface area (TPSA) is 39.4 Å². The molecule has 0 aromatic carbocycles. The van der Waals surface area contributed by atoms with Gasteiger partial charge < -0.3 is 4.74 Å². The maximum atomic E-state index is 5.14. The van der Waals surface area contributed by atoms with E-state index in [1.165, 1.54) is 0 Å². The predicted molar refractivity (Wildman–Crippen MR) is 52.3 cm³/mol. The third kappa shape index (κ3) is 1.13. The van der Waals surface area contributed by atoms with Crippen LogP contribution in [-0.4, -0.2) is 21.7 Å². The van der Waals surface area contributed by atoms with Crippen LogP contribution in [-0.2, 0) is 0 Å². The molecule has 0 saturated heterocycles. The van der Waals surface area contributed by atoms with Gasteiger partial charge in [-0.15, -0.1) is 10.2 Å². The Morgan fingerprint density at radius 1 is 1.50 bits per heavy atom. The Kier molecular flexibility index (Phi) is 1.87. The Morgan fingerprint density at radius 2 is 2.33 bits per heavy atom. The molecule has 0 radical (unpaired) electrons. The predicted octanol–water partition coefficient (Wildman–Crippen LogP) is 1.34. The molecule has 0 fully saturated rings. The highest BCUT2D eigenvalue weighted by atomic mass is 127. The molecule has 0 aliphatic rings. The average Bonchev–Trinajstić information content (AvgIpc) is 2.50. The molecule has 0 saturated carbocycles. The third-order valence-electron chi connectivity index (χ3n) is 1.55. The monoisotopic (exact) mass is 275 g/mol. The third-order valence-corrected chi connectivity index (χ3v) is 2.17. The van der Waals surface area contributed by atoms with Crippen LogP contribution >= 0.6 is 22.6 Å². The van der Waals surface area contributed by atoms with Crippen LogP contribution in [0.25, 0.3) is 5.65 Å². The van der Waals surface area contributed by atoms with Crippen molar-refractivity contribution in [3.63, 3.8) is 0 Å². The van der Waals surface area contributed by atoms with E-state index in [-0.39, 0.29) is 0 Å². The first-order valence-corrected chi connectivity index (χ1v) is 4.42. The number of ether oxygens (including phenoxy) is 1. The van der Waals surface area contributed by atoms with Crippen molar-refractivity contribution in [3.05, 3.63) is 22.0 Å². The Hall–Kier alpha value is -0.850. The zero-order valence-corrected chi connectivity index (χ0v) is 8.52. The number of methoxy groups -OCH3 is 1. The molecule has 2 heterocycles. The van der Waals surface area contributed by atoms with Crippen LogP contribution in [0.4, 0.5) is 0 Å². The highest BCUT2D eigenvalue weighted by Crippen LogP contribution is 2.17. The maximum absolute atomic E-state index is 5.14. The lowest BCUT2D eigenvalue weighted by molar-refractivity contribution is 0.392. The van der Waals surface area contributed by atoms with Crippen molar-refractivity contribution in [3.8, 4) is 5.88 Å². The molecule has 0 spiro atoms. The van der Waals surface area contributed by atoms with E-state index in [9.17, 15) is 0 Å². The second-order valence-corrected chi connectivity index (χ2v) is 3.52. The molecule has 2 aromatic rings. The van der Waals surface area contributed by atoms with Crippen molar-refractivity contribution in [1.29, 1.82) is 0 Å². The highest BCUT2D eigenvalue weighted by molar-refractivity contribution is 14.1. The molecular formula is C7H6IN3O. The van der Waals surface area contributed by atoms with Gasteiger partial charge in [0, 0.05) is 9.64 Å². The summed E-state index contributed by atoms with van der Waals surface area (Å²) in [5, 5.41) is 7.70. The molecule has 0 N–H and O–H groups in total. The molecule has 2 aromatic heterocycles. The molecule has 0 bridgehead atoms. The molecule has 4 nitrogen and oxygen atoms in total. The second kappa shape index (κ2) is 2.89. The van der Waals surface area contributed by atoms with E-state index in [4.69, 9.17) is 4.74 Å². The van der Waals surface area contributed by atoms with E-state index in [0.717, 1.165) is 15.1 Å². The Morgan fingerprint density at radius 3 is 3.08 bits per heavy atom. The SMILES string of the molecule is COc1cc(I)cc2nncn12. The quantitative estimate of drug-likeness (QED) is 0.737. The van der Waals surface area contributed by atoms with Gasteiger partial charge in [-0.25, -0.2) is 0 Å². The molecule has 12 heavy (non-hydrogen) atoms. The minimum atomic E-state index is 0.752. The van der Waals surface area contributed by atoms with Crippen LogP contribution in [0, 0.1) is 3.57 Å². The lowest BCUT2D eigenvalue weighted by atomic mass is 10.4. The van der Waals surface area contributed by atoms with Crippen molar-refractivity contribution in [2.75, 3.05) is 7.11 Å². The standard InChI is InChI=1S/C7H6IN3O/c1-12-7-3-5(8)2-6-10-9-4-11(6)7/h2-4H,1H3. The first-order valence-electron chi connectivity index (χ1n) is 3.34. The largest absolute Gasteiger partial charge is 0.482 e. The van der Waals surface area contributed by atoms with Crippen LogP contribution in [0.15, 0.2) is 18.5 Å². The summed E-state index contributed by atoms with van der Waals surface area (Å²) < 4.78 is 8.03. The van der Waals surface area contributed by atoms with Gasteiger partial charge in [0.2, 0.25) is 5.88 Å². The lowest BCUT2D eigenvalue weighted by Crippen LogP contribution is -1.93. The van der Waals surface area contributed by atoms with Gasteiger partial charge in [-0.1, -0.05) is 0 Å². The molecule has 0 aliphatic heterocycles. The highest BCUT2D eigenvalue weighted by Gasteiger charge is 2.02. The minimum absolute atomic E-state index is 0.752. The number of rotatable bonds is 1. The summed E-state index contributed by atoms with van der Waals surface area (Å²) in [6.07, 6.45) is 1.63. The van der Waals surface area contributed by atoms with Gasteiger partial charge in [-0.3, -0.25) is 4.40 Å². The summed E-state index contributed by atoms with van der Waals surface area (Å²) >= 11 is 2.21. The summed E-state index contributed by atoms with van der Waals surface area (Å²) in [6, 6.07) is 3.87. The number of hydrogen-bond acceptors (Lipinski definition) is 3. The Bertz CT molecular complexity index is 412. The number of nitrogens with zero attached hydrogens (tertiary/aromatic N) is 3. The average molecular weight is 275 g/mol. The summed E-state index contributed by atoms with van der Waals surface area (Å²) in [7, 11) is 1.63. The van der Waals surface area contributed by atoms with Crippen molar-refractivity contribution >= 4 is 28.2 Å². The van der Waals surface area contributed by atoms with E-state index >= 15 is 0 Å². The summed E-state index contributed by atoms with van der Waals surface area (Å²) in [5.74, 6) is 0.752. The van der Waals surface area contributed by atoms with Crippen LogP contribution < -0.4 is 4.74 Å². The maximum Gasteiger partial charge on any atom is 0.201 e. The van der Waals surface area contributed by atoms with Gasteiger partial charge in [0.05, 0.1) is 7.11 Å². The van der Waals surface area contributed by atoms with E-state index in [1.54, 1.807) is 17.8 Å². The fourth-order valence-corrected chi connectivity index (χ4v) is 1.57. The Balaban J connectivity index is 2.80. The van der Waals surface area contributed by atoms with E-state index in [1.807, 2.05) is 12.1 Å². The van der Waals surface area contributed by atoms with Gasteiger partial charge in [0.15, 0.2) is 5.65 Å². The van der Waals surface area contributed by atoms with E-state index in [2.05, 4.69) is 32.8 Å². The van der Waals surface area contributed by atoms with Crippen LogP contribution in [0.3, 0.4) is 0 Å². The normalized spacial score (nSPS) is 10.5. The van der Waals surface area contributed by atoms with Crippen molar-refractivity contribution in [1.82, 2.24) is 14.6 Å². The van der Waals surface area contributed by atoms with Gasteiger partial charge in [0.1, 0.15) is 6.33 Å². The van der Waals surface area contributed by atoms with Crippen molar-refractivity contribution in [2.24, 2.45) is 0 Å². The van der Waals surface area contributed by atoms with E-state index in [0.29, 0.717) is 0 Å². The van der Waals surface area contributed by atoms with Gasteiger partial charge in [-0.2, -0.15) is 0 Å². The number of pyridine rings is 1. The van der Waals surface area contributed by atoms with Gasteiger partial charge >= 0.3 is 0 Å². The molecule has 0 unspecified atom stereocenters. The van der Waals surface area contributed by atoms with Crippen molar-refractivity contribution in [2.45, 2.75) is 0 Å². The number of fused-ring (bicyclic) bond motifs is 1. The molecule has 0 amide bonds. The van der Waals surface area contributed by atoms with Crippen molar-refractivity contribution < 1.29 is 4.74 Å². The zero-order chi connectivity index (χ0) is 8.55. The van der Waals surface area contributed by atoms with E-state index < -0.39 is 0 Å². The number of hydrogen-bond donors (Lipinski definition) is 0. The van der Waals surface area contributed by atoms with Crippen LogP contribution in [0.2, 0.25) is 0 Å². The number of aromatic nitrogens is 3. The summed E-state index contributed by atoms with van der Waals surface area (Å²) in [4.78, 5) is 0. The second-order valence-electron chi connectivity index (χ2n) is 2.28. The first kappa shape index (κ1) is 7.78. The zero-order valence-electron chi connectivity index (χ0n) is 6.36. The molecule has 62 valence electrons. The first-order chi connectivity index (χ1) is 5.81. The minimum Gasteiger partial charge on any atom is -0.482 e. The molecule has 5 heteroatoms. The fourth-order valence-electron chi connectivity index (χ4n) is 1.02. The molecular weight excluding hydrogens is 269 g/mol. The molecule has 0 atom stereocenters. The Labute approximate surface area is 82.7 Å². The van der Waals surface area contributed by atoms with Gasteiger partial charge in [0.25, 0.3) is 0 Å². The smallest absolute Gasteiger partial charge is 0.201 e. The molecule has 0 aliphatic carbocycles. The lowest BCUT2D eigenvalue weighted by Gasteiger charge is -2.02. The fraction of sp³-hybridized carbons (Fsp3) is 0.143.